The average Bonchev–Trinajstić information content (AvgIpc) is 2.54. The van der Waals surface area contributed by atoms with Gasteiger partial charge in [-0.25, -0.2) is 0 Å². The topological polar surface area (TPSA) is 67.8 Å². The van der Waals surface area contributed by atoms with E-state index in [-0.39, 0.29) is 17.2 Å². The highest BCUT2D eigenvalue weighted by Gasteiger charge is 2.12. The van der Waals surface area contributed by atoms with Crippen LogP contribution >= 0.6 is 11.6 Å². The van der Waals surface area contributed by atoms with E-state index in [0.717, 1.165) is 5.56 Å². The van der Waals surface area contributed by atoms with Crippen molar-refractivity contribution in [3.8, 4) is 11.5 Å². The molecule has 0 fully saturated rings. The number of phenols is 1. The van der Waals surface area contributed by atoms with Gasteiger partial charge in [0.2, 0.25) is 0 Å². The van der Waals surface area contributed by atoms with Crippen LogP contribution in [-0.4, -0.2) is 31.3 Å². The normalized spacial score (nSPS) is 10.3. The molecule has 2 aromatic carbocycles. The molecular weight excluding hydrogens is 318 g/mol. The SMILES string of the molecule is COCCOc1ccc(C(=O)NCc2ccc(Cl)cc2)c(O)c1. The van der Waals surface area contributed by atoms with E-state index in [1.165, 1.54) is 12.1 Å². The van der Waals surface area contributed by atoms with Crippen LogP contribution in [0.1, 0.15) is 15.9 Å². The molecule has 23 heavy (non-hydrogen) atoms. The van der Waals surface area contributed by atoms with E-state index < -0.39 is 0 Å². The van der Waals surface area contributed by atoms with E-state index in [9.17, 15) is 9.90 Å². The molecule has 0 spiro atoms. The summed E-state index contributed by atoms with van der Waals surface area (Å²) in [6.07, 6.45) is 0. The van der Waals surface area contributed by atoms with E-state index >= 15 is 0 Å². The van der Waals surface area contributed by atoms with Crippen LogP contribution in [0.25, 0.3) is 0 Å². The lowest BCUT2D eigenvalue weighted by molar-refractivity contribution is 0.0948. The molecule has 0 bridgehead atoms. The van der Waals surface area contributed by atoms with E-state index in [1.807, 2.05) is 12.1 Å². The smallest absolute Gasteiger partial charge is 0.255 e. The Balaban J connectivity index is 1.94. The monoisotopic (exact) mass is 335 g/mol. The molecular formula is C17H18ClNO4. The predicted octanol–water partition coefficient (Wildman–Crippen LogP) is 3.00. The molecule has 0 radical (unpaired) electrons. The van der Waals surface area contributed by atoms with E-state index in [0.29, 0.717) is 30.5 Å². The van der Waals surface area contributed by atoms with Gasteiger partial charge in [-0.15, -0.1) is 0 Å². The minimum Gasteiger partial charge on any atom is -0.507 e. The maximum Gasteiger partial charge on any atom is 0.255 e. The Morgan fingerprint density at radius 3 is 2.57 bits per heavy atom. The first-order valence-corrected chi connectivity index (χ1v) is 7.45. The summed E-state index contributed by atoms with van der Waals surface area (Å²) < 4.78 is 10.3. The zero-order valence-electron chi connectivity index (χ0n) is 12.7. The van der Waals surface area contributed by atoms with Gasteiger partial charge in [0.15, 0.2) is 0 Å². The molecule has 0 aliphatic rings. The number of benzene rings is 2. The Morgan fingerprint density at radius 2 is 1.91 bits per heavy atom. The fourth-order valence-corrected chi connectivity index (χ4v) is 2.04. The van der Waals surface area contributed by atoms with Crippen LogP contribution in [0.4, 0.5) is 0 Å². The quantitative estimate of drug-likeness (QED) is 0.763. The summed E-state index contributed by atoms with van der Waals surface area (Å²) in [7, 11) is 1.58. The van der Waals surface area contributed by atoms with Crippen molar-refractivity contribution in [3.63, 3.8) is 0 Å². The van der Waals surface area contributed by atoms with Gasteiger partial charge in [-0.2, -0.15) is 0 Å². The van der Waals surface area contributed by atoms with Gasteiger partial charge in [0, 0.05) is 24.7 Å². The fourth-order valence-electron chi connectivity index (χ4n) is 1.92. The first-order chi connectivity index (χ1) is 11.1. The second kappa shape index (κ2) is 8.41. The van der Waals surface area contributed by atoms with Crippen molar-refractivity contribution in [2.24, 2.45) is 0 Å². The minimum atomic E-state index is -0.360. The molecule has 0 aliphatic carbocycles. The minimum absolute atomic E-state index is 0.131. The molecule has 0 saturated carbocycles. The van der Waals surface area contributed by atoms with Gasteiger partial charge in [0.25, 0.3) is 5.91 Å². The lowest BCUT2D eigenvalue weighted by Crippen LogP contribution is -2.22. The van der Waals surface area contributed by atoms with E-state index in [1.54, 1.807) is 25.3 Å². The average molecular weight is 336 g/mol. The summed E-state index contributed by atoms with van der Waals surface area (Å²) in [5.41, 5.74) is 1.11. The van der Waals surface area contributed by atoms with Gasteiger partial charge in [-0.3, -0.25) is 4.79 Å². The van der Waals surface area contributed by atoms with Crippen molar-refractivity contribution in [1.29, 1.82) is 0 Å². The van der Waals surface area contributed by atoms with Crippen LogP contribution in [0.2, 0.25) is 5.02 Å². The standard InChI is InChI=1S/C17H18ClNO4/c1-22-8-9-23-14-6-7-15(16(20)10-14)17(21)19-11-12-2-4-13(18)5-3-12/h2-7,10,20H,8-9,11H2,1H3,(H,19,21). The molecule has 2 aromatic rings. The zero-order valence-corrected chi connectivity index (χ0v) is 13.5. The number of nitrogens with one attached hydrogen (secondary N) is 1. The highest BCUT2D eigenvalue weighted by Crippen LogP contribution is 2.23. The summed E-state index contributed by atoms with van der Waals surface area (Å²) in [5, 5.41) is 13.3. The van der Waals surface area contributed by atoms with Crippen molar-refractivity contribution in [1.82, 2.24) is 5.32 Å². The van der Waals surface area contributed by atoms with Crippen LogP contribution in [-0.2, 0) is 11.3 Å². The molecule has 0 saturated heterocycles. The maximum atomic E-state index is 12.1. The lowest BCUT2D eigenvalue weighted by atomic mass is 10.1. The zero-order chi connectivity index (χ0) is 16.7. The molecule has 0 aromatic heterocycles. The van der Waals surface area contributed by atoms with Crippen molar-refractivity contribution in [2.45, 2.75) is 6.54 Å². The van der Waals surface area contributed by atoms with Gasteiger partial charge in [-0.05, 0) is 29.8 Å². The molecule has 6 heteroatoms. The van der Waals surface area contributed by atoms with Crippen molar-refractivity contribution < 1.29 is 19.4 Å². The van der Waals surface area contributed by atoms with Crippen LogP contribution in [0, 0.1) is 0 Å². The molecule has 2 N–H and O–H groups in total. The number of amides is 1. The molecule has 0 heterocycles. The molecule has 0 unspecified atom stereocenters. The Kier molecular flexibility index (Phi) is 6.26. The maximum absolute atomic E-state index is 12.1. The number of hydrogen-bond donors (Lipinski definition) is 2. The first kappa shape index (κ1) is 17.1. The van der Waals surface area contributed by atoms with Crippen LogP contribution in [0.15, 0.2) is 42.5 Å². The van der Waals surface area contributed by atoms with E-state index in [4.69, 9.17) is 21.1 Å². The van der Waals surface area contributed by atoms with E-state index in [2.05, 4.69) is 5.32 Å². The summed E-state index contributed by atoms with van der Waals surface area (Å²) in [6, 6.07) is 11.7. The van der Waals surface area contributed by atoms with Gasteiger partial charge >= 0.3 is 0 Å². The first-order valence-electron chi connectivity index (χ1n) is 7.07. The fraction of sp³-hybridized carbons (Fsp3) is 0.235. The number of hydrogen-bond acceptors (Lipinski definition) is 4. The molecule has 1 amide bonds. The number of carbonyl (C=O) groups is 1. The van der Waals surface area contributed by atoms with Gasteiger partial charge in [0.1, 0.15) is 18.1 Å². The highest BCUT2D eigenvalue weighted by atomic mass is 35.5. The molecule has 0 aliphatic heterocycles. The second-order valence-corrected chi connectivity index (χ2v) is 5.27. The third kappa shape index (κ3) is 5.16. The molecule has 5 nitrogen and oxygen atoms in total. The number of carbonyl (C=O) groups excluding carboxylic acids is 1. The van der Waals surface area contributed by atoms with Gasteiger partial charge in [-0.1, -0.05) is 23.7 Å². The van der Waals surface area contributed by atoms with Crippen molar-refractivity contribution in [3.05, 3.63) is 58.6 Å². The number of phenolic OH excluding ortho intramolecular Hbond substituents is 1. The Hall–Kier alpha value is -2.24. The third-order valence-electron chi connectivity index (χ3n) is 3.14. The second-order valence-electron chi connectivity index (χ2n) is 4.83. The summed E-state index contributed by atoms with van der Waals surface area (Å²) >= 11 is 5.81. The number of aromatic hydroxyl groups is 1. The Bertz CT molecular complexity index is 658. The molecule has 122 valence electrons. The third-order valence-corrected chi connectivity index (χ3v) is 3.39. The lowest BCUT2D eigenvalue weighted by Gasteiger charge is -2.10. The highest BCUT2D eigenvalue weighted by molar-refractivity contribution is 6.30. The summed E-state index contributed by atoms with van der Waals surface area (Å²) in [5.74, 6) is -0.0109. The summed E-state index contributed by atoms with van der Waals surface area (Å²) in [4.78, 5) is 12.1. The number of halogens is 1. The van der Waals surface area contributed by atoms with Gasteiger partial charge in [0.05, 0.1) is 12.2 Å². The van der Waals surface area contributed by atoms with Crippen molar-refractivity contribution in [2.75, 3.05) is 20.3 Å². The van der Waals surface area contributed by atoms with Crippen LogP contribution < -0.4 is 10.1 Å². The van der Waals surface area contributed by atoms with Gasteiger partial charge < -0.3 is 19.9 Å². The summed E-state index contributed by atoms with van der Waals surface area (Å²) in [6.45, 7) is 1.17. The number of rotatable bonds is 7. The van der Waals surface area contributed by atoms with Crippen LogP contribution in [0.3, 0.4) is 0 Å². The Morgan fingerprint density at radius 1 is 1.17 bits per heavy atom. The molecule has 0 atom stereocenters. The Labute approximate surface area is 139 Å². The predicted molar refractivity (Wildman–Crippen MR) is 88.1 cm³/mol. The largest absolute Gasteiger partial charge is 0.507 e. The number of ether oxygens (including phenoxy) is 2. The van der Waals surface area contributed by atoms with Crippen LogP contribution in [0.5, 0.6) is 11.5 Å². The van der Waals surface area contributed by atoms with Crippen molar-refractivity contribution >= 4 is 17.5 Å². The molecule has 2 rings (SSSR count). The number of methoxy groups -OCH3 is 1.